The maximum Gasteiger partial charge on any atom is 0.167 e. The molecule has 0 heterocycles. The first-order valence-electron chi connectivity index (χ1n) is 5.18. The van der Waals surface area contributed by atoms with Gasteiger partial charge in [0.1, 0.15) is 5.82 Å². The summed E-state index contributed by atoms with van der Waals surface area (Å²) >= 11 is 5.76. The van der Waals surface area contributed by atoms with Gasteiger partial charge in [-0.2, -0.15) is 0 Å². The monoisotopic (exact) mass is 248 g/mol. The van der Waals surface area contributed by atoms with E-state index < -0.39 is 0 Å². The van der Waals surface area contributed by atoms with Crippen LogP contribution in [0, 0.1) is 5.82 Å². The molecular formula is C14H10ClFO. The Hall–Kier alpha value is -1.67. The predicted octanol–water partition coefficient (Wildman–Crippen LogP) is 3.90. The van der Waals surface area contributed by atoms with Gasteiger partial charge in [0.2, 0.25) is 0 Å². The van der Waals surface area contributed by atoms with Crippen LogP contribution in [-0.4, -0.2) is 5.78 Å². The zero-order valence-corrected chi connectivity index (χ0v) is 9.75. The van der Waals surface area contributed by atoms with Crippen LogP contribution in [0.5, 0.6) is 0 Å². The molecule has 0 spiro atoms. The molecule has 0 saturated heterocycles. The molecule has 0 saturated carbocycles. The highest BCUT2D eigenvalue weighted by Crippen LogP contribution is 2.12. The van der Waals surface area contributed by atoms with Crippen LogP contribution < -0.4 is 0 Å². The highest BCUT2D eigenvalue weighted by atomic mass is 35.5. The Labute approximate surface area is 104 Å². The number of hydrogen-bond acceptors (Lipinski definition) is 1. The van der Waals surface area contributed by atoms with E-state index in [0.717, 1.165) is 5.56 Å². The first-order chi connectivity index (χ1) is 8.15. The molecule has 0 atom stereocenters. The molecule has 0 radical (unpaired) electrons. The smallest absolute Gasteiger partial charge is 0.167 e. The Morgan fingerprint density at radius 1 is 1.00 bits per heavy atom. The van der Waals surface area contributed by atoms with Gasteiger partial charge in [-0.25, -0.2) is 4.39 Å². The Kier molecular flexibility index (Phi) is 3.55. The van der Waals surface area contributed by atoms with E-state index >= 15 is 0 Å². The summed E-state index contributed by atoms with van der Waals surface area (Å²) in [6.07, 6.45) is 0.294. The molecule has 86 valence electrons. The second-order valence-corrected chi connectivity index (χ2v) is 4.17. The second kappa shape index (κ2) is 5.11. The van der Waals surface area contributed by atoms with Crippen molar-refractivity contribution in [2.45, 2.75) is 6.42 Å². The lowest BCUT2D eigenvalue weighted by atomic mass is 10.0. The maximum atomic E-state index is 12.7. The molecule has 0 amide bonds. The summed E-state index contributed by atoms with van der Waals surface area (Å²) in [5.41, 5.74) is 1.41. The molecule has 2 aromatic carbocycles. The number of carbonyl (C=O) groups excluding carboxylic acids is 1. The molecule has 3 heteroatoms. The normalized spacial score (nSPS) is 10.2. The molecule has 0 bridgehead atoms. The molecular weight excluding hydrogens is 239 g/mol. The Morgan fingerprint density at radius 2 is 1.59 bits per heavy atom. The zero-order chi connectivity index (χ0) is 12.3. The quantitative estimate of drug-likeness (QED) is 0.753. The van der Waals surface area contributed by atoms with Crippen LogP contribution in [-0.2, 0) is 6.42 Å². The van der Waals surface area contributed by atoms with Crippen LogP contribution in [0.1, 0.15) is 15.9 Å². The topological polar surface area (TPSA) is 17.1 Å². The van der Waals surface area contributed by atoms with Crippen molar-refractivity contribution in [1.29, 1.82) is 0 Å². The van der Waals surface area contributed by atoms with E-state index in [-0.39, 0.29) is 11.6 Å². The van der Waals surface area contributed by atoms with Gasteiger partial charge < -0.3 is 0 Å². The number of Topliss-reactive ketones (excluding diaryl/α,β-unsaturated/α-hetero) is 1. The van der Waals surface area contributed by atoms with Gasteiger partial charge in [-0.1, -0.05) is 23.7 Å². The van der Waals surface area contributed by atoms with Crippen LogP contribution in [0.2, 0.25) is 5.02 Å². The van der Waals surface area contributed by atoms with Crippen LogP contribution in [0.15, 0.2) is 48.5 Å². The van der Waals surface area contributed by atoms with Gasteiger partial charge in [-0.3, -0.25) is 4.79 Å². The summed E-state index contributed by atoms with van der Waals surface area (Å²) < 4.78 is 12.7. The van der Waals surface area contributed by atoms with Crippen LogP contribution >= 0.6 is 11.6 Å². The third-order valence-electron chi connectivity index (χ3n) is 2.44. The van der Waals surface area contributed by atoms with Crippen molar-refractivity contribution in [3.8, 4) is 0 Å². The number of ketones is 1. The first kappa shape index (κ1) is 11.8. The molecule has 0 aromatic heterocycles. The second-order valence-electron chi connectivity index (χ2n) is 3.73. The Bertz CT molecular complexity index is 517. The zero-order valence-electron chi connectivity index (χ0n) is 8.99. The van der Waals surface area contributed by atoms with Gasteiger partial charge in [-0.15, -0.1) is 0 Å². The minimum atomic E-state index is -0.340. The lowest BCUT2D eigenvalue weighted by molar-refractivity contribution is 0.0993. The van der Waals surface area contributed by atoms with Gasteiger partial charge >= 0.3 is 0 Å². The molecule has 0 fully saturated rings. The van der Waals surface area contributed by atoms with Crippen LogP contribution in [0.25, 0.3) is 0 Å². The molecule has 0 unspecified atom stereocenters. The molecule has 17 heavy (non-hydrogen) atoms. The lowest BCUT2D eigenvalue weighted by Gasteiger charge is -2.01. The molecule has 0 aliphatic carbocycles. The molecule has 0 N–H and O–H groups in total. The fourth-order valence-corrected chi connectivity index (χ4v) is 1.65. The van der Waals surface area contributed by atoms with Crippen molar-refractivity contribution in [3.63, 3.8) is 0 Å². The van der Waals surface area contributed by atoms with E-state index in [4.69, 9.17) is 11.6 Å². The average Bonchev–Trinajstić information content (AvgIpc) is 2.33. The fourth-order valence-electron chi connectivity index (χ4n) is 1.53. The van der Waals surface area contributed by atoms with E-state index in [1.807, 2.05) is 12.1 Å². The summed E-state index contributed by atoms with van der Waals surface area (Å²) in [5.74, 6) is -0.375. The largest absolute Gasteiger partial charge is 0.294 e. The van der Waals surface area contributed by atoms with Gasteiger partial charge in [-0.05, 0) is 42.0 Å². The standard InChI is InChI=1S/C14H10ClFO/c15-12-5-1-10(2-6-12)9-14(17)11-3-7-13(16)8-4-11/h1-8H,9H2. The number of benzene rings is 2. The van der Waals surface area contributed by atoms with Crippen molar-refractivity contribution in [2.75, 3.05) is 0 Å². The number of rotatable bonds is 3. The molecule has 2 rings (SSSR count). The average molecular weight is 249 g/mol. The van der Waals surface area contributed by atoms with Crippen LogP contribution in [0.3, 0.4) is 0 Å². The summed E-state index contributed by atoms with van der Waals surface area (Å²) in [5, 5.41) is 0.642. The van der Waals surface area contributed by atoms with E-state index in [1.54, 1.807) is 12.1 Å². The highest BCUT2D eigenvalue weighted by molar-refractivity contribution is 6.30. The van der Waals surface area contributed by atoms with Gasteiger partial charge in [0.05, 0.1) is 0 Å². The maximum absolute atomic E-state index is 12.7. The predicted molar refractivity (Wildman–Crippen MR) is 65.9 cm³/mol. The van der Waals surface area contributed by atoms with Crippen molar-refractivity contribution < 1.29 is 9.18 Å². The van der Waals surface area contributed by atoms with Crippen molar-refractivity contribution >= 4 is 17.4 Å². The molecule has 2 aromatic rings. The van der Waals surface area contributed by atoms with E-state index in [1.165, 1.54) is 24.3 Å². The van der Waals surface area contributed by atoms with E-state index in [0.29, 0.717) is 17.0 Å². The summed E-state index contributed by atoms with van der Waals surface area (Å²) in [6, 6.07) is 12.7. The van der Waals surface area contributed by atoms with E-state index in [9.17, 15) is 9.18 Å². The first-order valence-corrected chi connectivity index (χ1v) is 5.56. The highest BCUT2D eigenvalue weighted by Gasteiger charge is 2.06. The third kappa shape index (κ3) is 3.14. The minimum absolute atomic E-state index is 0.0349. The van der Waals surface area contributed by atoms with Gasteiger partial charge in [0.15, 0.2) is 5.78 Å². The van der Waals surface area contributed by atoms with Gasteiger partial charge in [0.25, 0.3) is 0 Å². The number of hydrogen-bond donors (Lipinski definition) is 0. The Morgan fingerprint density at radius 3 is 2.18 bits per heavy atom. The van der Waals surface area contributed by atoms with Crippen LogP contribution in [0.4, 0.5) is 4.39 Å². The summed E-state index contributed by atoms with van der Waals surface area (Å²) in [6.45, 7) is 0. The Balaban J connectivity index is 2.11. The SMILES string of the molecule is O=C(Cc1ccc(Cl)cc1)c1ccc(F)cc1. The minimum Gasteiger partial charge on any atom is -0.294 e. The molecule has 0 aliphatic heterocycles. The molecule has 0 aliphatic rings. The van der Waals surface area contributed by atoms with E-state index in [2.05, 4.69) is 0 Å². The molecule has 1 nitrogen and oxygen atoms in total. The van der Waals surface area contributed by atoms with Crippen molar-refractivity contribution in [3.05, 3.63) is 70.5 Å². The summed E-state index contributed by atoms with van der Waals surface area (Å²) in [4.78, 5) is 11.9. The number of carbonyl (C=O) groups is 1. The number of halogens is 2. The van der Waals surface area contributed by atoms with Crippen molar-refractivity contribution in [2.24, 2.45) is 0 Å². The van der Waals surface area contributed by atoms with Crippen molar-refractivity contribution in [1.82, 2.24) is 0 Å². The van der Waals surface area contributed by atoms with Gasteiger partial charge in [0, 0.05) is 17.0 Å². The lowest BCUT2D eigenvalue weighted by Crippen LogP contribution is -2.03. The third-order valence-corrected chi connectivity index (χ3v) is 2.70. The fraction of sp³-hybridized carbons (Fsp3) is 0.0714. The summed E-state index contributed by atoms with van der Waals surface area (Å²) in [7, 11) is 0.